The van der Waals surface area contributed by atoms with Gasteiger partial charge in [-0.1, -0.05) is 13.8 Å². The molecule has 2 atom stereocenters. The topological polar surface area (TPSA) is 29.5 Å². The van der Waals surface area contributed by atoms with Crippen molar-refractivity contribution in [3.63, 3.8) is 0 Å². The monoisotopic (exact) mass is 313 g/mol. The average Bonchev–Trinajstić information content (AvgIpc) is 2.91. The van der Waals surface area contributed by atoms with E-state index in [0.717, 1.165) is 5.75 Å². The lowest BCUT2D eigenvalue weighted by Gasteiger charge is -2.40. The largest absolute Gasteiger partial charge is 0.367 e. The summed E-state index contributed by atoms with van der Waals surface area (Å²) >= 11 is 3.39. The number of hydrogen-bond donors (Lipinski definition) is 0. The van der Waals surface area contributed by atoms with Crippen LogP contribution in [0.25, 0.3) is 0 Å². The number of ether oxygens (including phenoxy) is 1. The number of morpholine rings is 1. The van der Waals surface area contributed by atoms with Crippen LogP contribution in [0.1, 0.15) is 32.4 Å². The van der Waals surface area contributed by atoms with Crippen molar-refractivity contribution >= 4 is 29.0 Å². The van der Waals surface area contributed by atoms with Gasteiger partial charge in [0.2, 0.25) is 5.91 Å². The van der Waals surface area contributed by atoms with Crippen LogP contribution in [-0.4, -0.2) is 42.0 Å². The van der Waals surface area contributed by atoms with Gasteiger partial charge < -0.3 is 9.64 Å². The van der Waals surface area contributed by atoms with Crippen LogP contribution in [0.3, 0.4) is 0 Å². The highest BCUT2D eigenvalue weighted by Gasteiger charge is 2.36. The first-order valence-corrected chi connectivity index (χ1v) is 9.23. The standard InChI is InChI=1S/C15H23NO2S2/c1-11-7-16(14(17)15(2,3)10-19-4)8-13(18-11)12-5-6-20-9-12/h5-6,9,11,13H,7-8,10H2,1-4H3/t11-,13-/m1/s1. The van der Waals surface area contributed by atoms with Crippen LogP contribution in [0.4, 0.5) is 0 Å². The van der Waals surface area contributed by atoms with Crippen molar-refractivity contribution in [1.29, 1.82) is 0 Å². The minimum absolute atomic E-state index is 0.0130. The van der Waals surface area contributed by atoms with E-state index in [1.807, 2.05) is 31.9 Å². The van der Waals surface area contributed by atoms with E-state index in [1.54, 1.807) is 23.1 Å². The fourth-order valence-corrected chi connectivity index (χ4v) is 4.16. The number of nitrogens with zero attached hydrogens (tertiary/aromatic N) is 1. The van der Waals surface area contributed by atoms with Crippen LogP contribution < -0.4 is 0 Å². The Morgan fingerprint density at radius 2 is 2.30 bits per heavy atom. The first-order valence-electron chi connectivity index (χ1n) is 6.90. The molecule has 1 aromatic rings. The molecular weight excluding hydrogens is 290 g/mol. The maximum absolute atomic E-state index is 12.7. The second kappa shape index (κ2) is 6.50. The molecular formula is C15H23NO2S2. The van der Waals surface area contributed by atoms with Gasteiger partial charge in [-0.05, 0) is 35.6 Å². The van der Waals surface area contributed by atoms with Gasteiger partial charge in [0.25, 0.3) is 0 Å². The maximum atomic E-state index is 12.7. The van der Waals surface area contributed by atoms with E-state index in [-0.39, 0.29) is 23.5 Å². The molecule has 1 aliphatic heterocycles. The van der Waals surface area contributed by atoms with Gasteiger partial charge in [-0.2, -0.15) is 23.1 Å². The summed E-state index contributed by atoms with van der Waals surface area (Å²) < 4.78 is 5.99. The zero-order valence-corrected chi connectivity index (χ0v) is 14.2. The average molecular weight is 313 g/mol. The molecule has 0 spiro atoms. The number of amides is 1. The Balaban J connectivity index is 2.10. The van der Waals surface area contributed by atoms with Crippen molar-refractivity contribution in [1.82, 2.24) is 4.90 Å². The predicted octanol–water partition coefficient (Wildman–Crippen LogP) is 3.43. The second-order valence-corrected chi connectivity index (χ2v) is 7.67. The molecule has 0 radical (unpaired) electrons. The number of carbonyl (C=O) groups excluding carboxylic acids is 1. The van der Waals surface area contributed by atoms with E-state index in [4.69, 9.17) is 4.74 Å². The third-order valence-electron chi connectivity index (χ3n) is 3.55. The van der Waals surface area contributed by atoms with Crippen LogP contribution >= 0.6 is 23.1 Å². The molecule has 0 N–H and O–H groups in total. The molecule has 2 rings (SSSR count). The van der Waals surface area contributed by atoms with E-state index in [0.29, 0.717) is 13.1 Å². The molecule has 1 fully saturated rings. The molecule has 1 amide bonds. The Morgan fingerprint density at radius 3 is 2.90 bits per heavy atom. The van der Waals surface area contributed by atoms with Crippen molar-refractivity contribution in [2.45, 2.75) is 33.0 Å². The van der Waals surface area contributed by atoms with Crippen LogP contribution in [0.2, 0.25) is 0 Å². The molecule has 0 unspecified atom stereocenters. The van der Waals surface area contributed by atoms with E-state index in [2.05, 4.69) is 16.8 Å². The fourth-order valence-electron chi connectivity index (χ4n) is 2.61. The Labute approximate surface area is 129 Å². The van der Waals surface area contributed by atoms with E-state index < -0.39 is 0 Å². The molecule has 0 aromatic carbocycles. The lowest BCUT2D eigenvalue weighted by Crippen LogP contribution is -2.50. The molecule has 1 aromatic heterocycles. The zero-order chi connectivity index (χ0) is 14.8. The predicted molar refractivity (Wildman–Crippen MR) is 86.4 cm³/mol. The first-order chi connectivity index (χ1) is 9.44. The molecule has 0 bridgehead atoms. The van der Waals surface area contributed by atoms with Crippen LogP contribution in [0.15, 0.2) is 16.8 Å². The van der Waals surface area contributed by atoms with Crippen molar-refractivity contribution in [2.24, 2.45) is 5.41 Å². The minimum Gasteiger partial charge on any atom is -0.367 e. The van der Waals surface area contributed by atoms with Crippen LogP contribution in [0.5, 0.6) is 0 Å². The summed E-state index contributed by atoms with van der Waals surface area (Å²) in [7, 11) is 0. The van der Waals surface area contributed by atoms with Crippen molar-refractivity contribution < 1.29 is 9.53 Å². The summed E-state index contributed by atoms with van der Waals surface area (Å²) in [4.78, 5) is 14.7. The van der Waals surface area contributed by atoms with E-state index >= 15 is 0 Å². The maximum Gasteiger partial charge on any atom is 0.229 e. The van der Waals surface area contributed by atoms with Gasteiger partial charge in [0, 0.05) is 12.3 Å². The highest BCUT2D eigenvalue weighted by Crippen LogP contribution is 2.30. The summed E-state index contributed by atoms with van der Waals surface area (Å²) in [6.07, 6.45) is 2.15. The summed E-state index contributed by atoms with van der Waals surface area (Å²) in [6.45, 7) is 7.46. The summed E-state index contributed by atoms with van der Waals surface area (Å²) in [5.41, 5.74) is 0.873. The molecule has 112 valence electrons. The molecule has 5 heteroatoms. The SMILES string of the molecule is CSCC(C)(C)C(=O)N1C[C@@H](C)O[C@@H](c2ccsc2)C1. The van der Waals surface area contributed by atoms with Crippen molar-refractivity contribution in [3.05, 3.63) is 22.4 Å². The van der Waals surface area contributed by atoms with Crippen molar-refractivity contribution in [3.8, 4) is 0 Å². The molecule has 3 nitrogen and oxygen atoms in total. The number of carbonyl (C=O) groups is 1. The van der Waals surface area contributed by atoms with Gasteiger partial charge >= 0.3 is 0 Å². The number of thiophene rings is 1. The lowest BCUT2D eigenvalue weighted by atomic mass is 9.93. The highest BCUT2D eigenvalue weighted by atomic mass is 32.2. The smallest absolute Gasteiger partial charge is 0.229 e. The fraction of sp³-hybridized carbons (Fsp3) is 0.667. The Morgan fingerprint density at radius 1 is 1.55 bits per heavy atom. The highest BCUT2D eigenvalue weighted by molar-refractivity contribution is 7.98. The van der Waals surface area contributed by atoms with Crippen molar-refractivity contribution in [2.75, 3.05) is 25.1 Å². The second-order valence-electron chi connectivity index (χ2n) is 6.02. The Bertz CT molecular complexity index is 445. The Hall–Kier alpha value is -0.520. The first kappa shape index (κ1) is 15.9. The van der Waals surface area contributed by atoms with Crippen LogP contribution in [-0.2, 0) is 9.53 Å². The number of thioether (sulfide) groups is 1. The zero-order valence-electron chi connectivity index (χ0n) is 12.6. The molecule has 2 heterocycles. The molecule has 20 heavy (non-hydrogen) atoms. The van der Waals surface area contributed by atoms with Gasteiger partial charge in [-0.3, -0.25) is 4.79 Å². The quantitative estimate of drug-likeness (QED) is 0.853. The summed E-state index contributed by atoms with van der Waals surface area (Å²) in [5, 5.41) is 4.17. The summed E-state index contributed by atoms with van der Waals surface area (Å²) in [5.74, 6) is 1.09. The number of rotatable bonds is 4. The van der Waals surface area contributed by atoms with E-state index in [9.17, 15) is 4.79 Å². The number of hydrogen-bond acceptors (Lipinski definition) is 4. The van der Waals surface area contributed by atoms with Gasteiger partial charge in [-0.15, -0.1) is 0 Å². The molecule has 0 aliphatic carbocycles. The lowest BCUT2D eigenvalue weighted by molar-refractivity contribution is -0.152. The molecule has 1 aliphatic rings. The van der Waals surface area contributed by atoms with E-state index in [1.165, 1.54) is 5.56 Å². The Kier molecular flexibility index (Phi) is 5.15. The molecule has 1 saturated heterocycles. The van der Waals surface area contributed by atoms with Gasteiger partial charge in [0.15, 0.2) is 0 Å². The van der Waals surface area contributed by atoms with Gasteiger partial charge in [0.05, 0.1) is 18.1 Å². The van der Waals surface area contributed by atoms with Crippen LogP contribution in [0, 0.1) is 5.41 Å². The molecule has 0 saturated carbocycles. The third kappa shape index (κ3) is 3.57. The van der Waals surface area contributed by atoms with Gasteiger partial charge in [0.1, 0.15) is 6.10 Å². The minimum atomic E-state index is -0.310. The third-order valence-corrected chi connectivity index (χ3v) is 5.26. The normalized spacial score (nSPS) is 23.9. The summed E-state index contributed by atoms with van der Waals surface area (Å²) in [6, 6.07) is 2.09. The van der Waals surface area contributed by atoms with Gasteiger partial charge in [-0.25, -0.2) is 0 Å².